The van der Waals surface area contributed by atoms with E-state index in [1.165, 1.54) is 11.6 Å². The van der Waals surface area contributed by atoms with Crippen LogP contribution in [-0.2, 0) is 13.6 Å². The number of benzene rings is 1. The molecule has 33 heavy (non-hydrogen) atoms. The summed E-state index contributed by atoms with van der Waals surface area (Å²) in [6, 6.07) is 5.68. The van der Waals surface area contributed by atoms with E-state index in [1.54, 1.807) is 23.5 Å². The van der Waals surface area contributed by atoms with Crippen LogP contribution in [0.2, 0.25) is 0 Å². The molecule has 0 unspecified atom stereocenters. The van der Waals surface area contributed by atoms with Crippen molar-refractivity contribution in [2.24, 2.45) is 7.05 Å². The number of hydrogen-bond donors (Lipinski definition) is 2. The van der Waals surface area contributed by atoms with Gasteiger partial charge in [0, 0.05) is 19.7 Å². The minimum atomic E-state index is -4.67. The standard InChI is InChI=1S/C19H14F4N6O4/c1-28-12-4-9(2-3-14(12)33-18(28)32)6-24-16(30)11-5-13(17(31)25-8-19(21,22)23)29-15(27-11)10(20)7-26-29/h2-5,7H,6,8H2,1H3,(H,24,30)(H,25,31). The Morgan fingerprint density at radius 2 is 1.91 bits per heavy atom. The second-order valence-electron chi connectivity index (χ2n) is 6.96. The van der Waals surface area contributed by atoms with E-state index in [0.29, 0.717) is 21.2 Å². The molecule has 2 N–H and O–H groups in total. The molecule has 10 nitrogen and oxygen atoms in total. The number of carbonyl (C=O) groups is 2. The third kappa shape index (κ3) is 4.40. The molecule has 2 amide bonds. The molecule has 3 heterocycles. The van der Waals surface area contributed by atoms with E-state index in [4.69, 9.17) is 4.42 Å². The predicted molar refractivity (Wildman–Crippen MR) is 104 cm³/mol. The molecule has 0 aliphatic rings. The molecule has 0 spiro atoms. The minimum Gasteiger partial charge on any atom is -0.408 e. The maximum absolute atomic E-state index is 14.0. The lowest BCUT2D eigenvalue weighted by atomic mass is 10.2. The number of amides is 2. The summed E-state index contributed by atoms with van der Waals surface area (Å²) in [6.07, 6.45) is -3.95. The monoisotopic (exact) mass is 466 g/mol. The highest BCUT2D eigenvalue weighted by Crippen LogP contribution is 2.16. The van der Waals surface area contributed by atoms with Gasteiger partial charge in [0.2, 0.25) is 0 Å². The van der Waals surface area contributed by atoms with Gasteiger partial charge >= 0.3 is 11.9 Å². The molecule has 0 fully saturated rings. The molecule has 0 saturated heterocycles. The first kappa shape index (κ1) is 22.0. The summed E-state index contributed by atoms with van der Waals surface area (Å²) in [7, 11) is 1.52. The number of carbonyl (C=O) groups excluding carboxylic acids is 2. The molecule has 0 radical (unpaired) electrons. The highest BCUT2D eigenvalue weighted by molar-refractivity contribution is 5.98. The normalized spacial score (nSPS) is 11.8. The van der Waals surface area contributed by atoms with E-state index in [-0.39, 0.29) is 6.54 Å². The van der Waals surface area contributed by atoms with Gasteiger partial charge in [-0.15, -0.1) is 0 Å². The number of hydrogen-bond acceptors (Lipinski definition) is 6. The zero-order valence-corrected chi connectivity index (χ0v) is 16.7. The number of aromatic nitrogens is 4. The van der Waals surface area contributed by atoms with Crippen LogP contribution in [0.25, 0.3) is 16.7 Å². The highest BCUT2D eigenvalue weighted by Gasteiger charge is 2.29. The molecular weight excluding hydrogens is 452 g/mol. The summed E-state index contributed by atoms with van der Waals surface area (Å²) in [5, 5.41) is 7.75. The third-order valence-corrected chi connectivity index (χ3v) is 4.65. The fourth-order valence-corrected chi connectivity index (χ4v) is 3.04. The van der Waals surface area contributed by atoms with Gasteiger partial charge in [-0.05, 0) is 17.7 Å². The number of alkyl halides is 3. The molecule has 4 aromatic rings. The van der Waals surface area contributed by atoms with E-state index >= 15 is 0 Å². The summed E-state index contributed by atoms with van der Waals surface area (Å²) < 4.78 is 58.4. The fraction of sp³-hybridized carbons (Fsp3) is 0.211. The van der Waals surface area contributed by atoms with E-state index in [1.807, 2.05) is 0 Å². The summed E-state index contributed by atoms with van der Waals surface area (Å²) in [4.78, 5) is 40.3. The van der Waals surface area contributed by atoms with Crippen molar-refractivity contribution < 1.29 is 31.6 Å². The maximum Gasteiger partial charge on any atom is 0.419 e. The van der Waals surface area contributed by atoms with Gasteiger partial charge in [-0.3, -0.25) is 14.2 Å². The molecule has 3 aromatic heterocycles. The molecule has 1 aromatic carbocycles. The fourth-order valence-electron chi connectivity index (χ4n) is 3.04. The molecule has 0 aliphatic heterocycles. The van der Waals surface area contributed by atoms with Gasteiger partial charge in [0.05, 0.1) is 11.7 Å². The van der Waals surface area contributed by atoms with Gasteiger partial charge in [0.25, 0.3) is 11.8 Å². The smallest absolute Gasteiger partial charge is 0.408 e. The molecule has 14 heteroatoms. The van der Waals surface area contributed by atoms with Crippen molar-refractivity contribution in [2.45, 2.75) is 12.7 Å². The van der Waals surface area contributed by atoms with E-state index in [2.05, 4.69) is 15.4 Å². The van der Waals surface area contributed by atoms with Crippen LogP contribution in [0.15, 0.2) is 39.7 Å². The van der Waals surface area contributed by atoms with Crippen LogP contribution in [0.5, 0.6) is 0 Å². The van der Waals surface area contributed by atoms with Gasteiger partial charge < -0.3 is 15.1 Å². The zero-order chi connectivity index (χ0) is 23.9. The lowest BCUT2D eigenvalue weighted by Crippen LogP contribution is -2.35. The summed E-state index contributed by atoms with van der Waals surface area (Å²) in [5.41, 5.74) is 0.0252. The highest BCUT2D eigenvalue weighted by atomic mass is 19.4. The Bertz CT molecular complexity index is 1450. The Hall–Kier alpha value is -4.23. The van der Waals surface area contributed by atoms with Crippen molar-refractivity contribution in [3.63, 3.8) is 0 Å². The van der Waals surface area contributed by atoms with Gasteiger partial charge in [0.15, 0.2) is 17.0 Å². The number of halogens is 4. The Balaban J connectivity index is 1.59. The average molecular weight is 466 g/mol. The largest absolute Gasteiger partial charge is 0.419 e. The Labute approximate surface area is 180 Å². The van der Waals surface area contributed by atoms with Crippen molar-refractivity contribution in [3.05, 3.63) is 63.8 Å². The van der Waals surface area contributed by atoms with Crippen LogP contribution < -0.4 is 16.4 Å². The van der Waals surface area contributed by atoms with E-state index < -0.39 is 53.1 Å². The van der Waals surface area contributed by atoms with Crippen LogP contribution in [0, 0.1) is 5.82 Å². The van der Waals surface area contributed by atoms with Crippen molar-refractivity contribution >= 4 is 28.6 Å². The molecule has 172 valence electrons. The third-order valence-electron chi connectivity index (χ3n) is 4.65. The summed E-state index contributed by atoms with van der Waals surface area (Å²) in [6.45, 7) is -1.65. The Morgan fingerprint density at radius 1 is 1.15 bits per heavy atom. The van der Waals surface area contributed by atoms with Gasteiger partial charge in [-0.2, -0.15) is 18.3 Å². The number of fused-ring (bicyclic) bond motifs is 2. The minimum absolute atomic E-state index is 0.0294. The van der Waals surface area contributed by atoms with Crippen LogP contribution >= 0.6 is 0 Å². The number of rotatable bonds is 5. The first-order valence-electron chi connectivity index (χ1n) is 9.29. The molecule has 0 atom stereocenters. The zero-order valence-electron chi connectivity index (χ0n) is 16.7. The molecule has 0 bridgehead atoms. The number of aryl methyl sites for hydroxylation is 1. The van der Waals surface area contributed by atoms with Gasteiger partial charge in [-0.25, -0.2) is 18.7 Å². The average Bonchev–Trinajstić information content (AvgIpc) is 3.28. The summed E-state index contributed by atoms with van der Waals surface area (Å²) >= 11 is 0. The molecular formula is C19H14F4N6O4. The van der Waals surface area contributed by atoms with Crippen molar-refractivity contribution in [3.8, 4) is 0 Å². The van der Waals surface area contributed by atoms with Gasteiger partial charge in [0.1, 0.15) is 17.9 Å². The second kappa shape index (κ2) is 8.03. The Kier molecular flexibility index (Phi) is 5.35. The predicted octanol–water partition coefficient (Wildman–Crippen LogP) is 1.54. The number of nitrogens with zero attached hydrogens (tertiary/aromatic N) is 4. The maximum atomic E-state index is 14.0. The number of nitrogens with one attached hydrogen (secondary N) is 2. The van der Waals surface area contributed by atoms with Gasteiger partial charge in [-0.1, -0.05) is 6.07 Å². The molecule has 4 rings (SSSR count). The van der Waals surface area contributed by atoms with Crippen LogP contribution in [0.1, 0.15) is 26.5 Å². The van der Waals surface area contributed by atoms with E-state index in [9.17, 15) is 31.9 Å². The van der Waals surface area contributed by atoms with Crippen LogP contribution in [0.4, 0.5) is 17.6 Å². The van der Waals surface area contributed by atoms with Crippen molar-refractivity contribution in [1.29, 1.82) is 0 Å². The Morgan fingerprint density at radius 3 is 2.64 bits per heavy atom. The van der Waals surface area contributed by atoms with E-state index in [0.717, 1.165) is 12.3 Å². The second-order valence-corrected chi connectivity index (χ2v) is 6.96. The van der Waals surface area contributed by atoms with Crippen molar-refractivity contribution in [1.82, 2.24) is 29.8 Å². The summed E-state index contributed by atoms with van der Waals surface area (Å²) in [5.74, 6) is -3.56. The first-order valence-corrected chi connectivity index (χ1v) is 9.29. The van der Waals surface area contributed by atoms with Crippen molar-refractivity contribution in [2.75, 3.05) is 6.54 Å². The quantitative estimate of drug-likeness (QED) is 0.430. The topological polar surface area (TPSA) is 124 Å². The lowest BCUT2D eigenvalue weighted by molar-refractivity contribution is -0.123. The molecule has 0 saturated carbocycles. The van der Waals surface area contributed by atoms with Crippen LogP contribution in [0.3, 0.4) is 0 Å². The number of oxazole rings is 1. The van der Waals surface area contributed by atoms with Crippen LogP contribution in [-0.4, -0.2) is 43.7 Å². The molecule has 0 aliphatic carbocycles. The first-order chi connectivity index (χ1) is 15.5. The SMILES string of the molecule is Cn1c(=O)oc2ccc(CNC(=O)c3cc(C(=O)NCC(F)(F)F)n4ncc(F)c4n3)cc21. The lowest BCUT2D eigenvalue weighted by Gasteiger charge is -2.11.